The third-order valence-electron chi connectivity index (χ3n) is 3.83. The van der Waals surface area contributed by atoms with E-state index in [1.807, 2.05) is 0 Å². The lowest BCUT2D eigenvalue weighted by atomic mass is 10.2. The molecule has 0 aliphatic carbocycles. The van der Waals surface area contributed by atoms with Crippen LogP contribution in [0.1, 0.15) is 12.1 Å². The van der Waals surface area contributed by atoms with E-state index in [-0.39, 0.29) is 16.9 Å². The summed E-state index contributed by atoms with van der Waals surface area (Å²) in [6, 6.07) is 3.03. The van der Waals surface area contributed by atoms with E-state index in [4.69, 9.17) is 5.11 Å². The number of pyridine rings is 1. The first-order chi connectivity index (χ1) is 11.8. The van der Waals surface area contributed by atoms with Gasteiger partial charge >= 0.3 is 6.09 Å². The normalized spacial score (nSPS) is 17.5. The molecule has 11 heteroatoms. The Hall–Kier alpha value is -2.40. The van der Waals surface area contributed by atoms with Crippen LogP contribution in [0.3, 0.4) is 0 Å². The van der Waals surface area contributed by atoms with Crippen molar-refractivity contribution in [2.24, 2.45) is 0 Å². The second-order valence-corrected chi connectivity index (χ2v) is 7.97. The SMILES string of the molecule is Cc1nc(S(=O)(=O)Nc2cscn2)ccc1NC1CCN(C(=O)O)C1. The molecule has 1 unspecified atom stereocenters. The number of nitrogens with one attached hydrogen (secondary N) is 2. The van der Waals surface area contributed by atoms with E-state index in [0.29, 0.717) is 30.9 Å². The minimum Gasteiger partial charge on any atom is -0.465 e. The predicted molar refractivity (Wildman–Crippen MR) is 93.5 cm³/mol. The van der Waals surface area contributed by atoms with Gasteiger partial charge < -0.3 is 15.3 Å². The van der Waals surface area contributed by atoms with Crippen LogP contribution in [0.5, 0.6) is 0 Å². The smallest absolute Gasteiger partial charge is 0.407 e. The summed E-state index contributed by atoms with van der Waals surface area (Å²) in [5.74, 6) is 0.256. The van der Waals surface area contributed by atoms with Crippen molar-refractivity contribution in [1.82, 2.24) is 14.9 Å². The van der Waals surface area contributed by atoms with E-state index in [9.17, 15) is 13.2 Å². The fourth-order valence-electron chi connectivity index (χ4n) is 2.56. The molecule has 0 radical (unpaired) electrons. The molecule has 1 atom stereocenters. The maximum absolute atomic E-state index is 12.3. The summed E-state index contributed by atoms with van der Waals surface area (Å²) in [7, 11) is -3.80. The van der Waals surface area contributed by atoms with Crippen molar-refractivity contribution in [1.29, 1.82) is 0 Å². The maximum Gasteiger partial charge on any atom is 0.407 e. The van der Waals surface area contributed by atoms with Gasteiger partial charge in [0.05, 0.1) is 16.9 Å². The summed E-state index contributed by atoms with van der Waals surface area (Å²) >= 11 is 1.29. The van der Waals surface area contributed by atoms with E-state index in [0.717, 1.165) is 0 Å². The Morgan fingerprint density at radius 2 is 2.24 bits per heavy atom. The van der Waals surface area contributed by atoms with Gasteiger partial charge in [-0.05, 0) is 25.5 Å². The topological polar surface area (TPSA) is 125 Å². The van der Waals surface area contributed by atoms with Gasteiger partial charge in [-0.25, -0.2) is 14.8 Å². The van der Waals surface area contributed by atoms with E-state index in [1.165, 1.54) is 27.8 Å². The maximum atomic E-state index is 12.3. The molecule has 1 aliphatic heterocycles. The molecule has 25 heavy (non-hydrogen) atoms. The van der Waals surface area contributed by atoms with Gasteiger partial charge in [0.15, 0.2) is 10.8 Å². The second kappa shape index (κ2) is 6.84. The number of likely N-dealkylation sites (tertiary alicyclic amines) is 1. The number of hydrogen-bond acceptors (Lipinski definition) is 7. The highest BCUT2D eigenvalue weighted by Gasteiger charge is 2.26. The number of aromatic nitrogens is 2. The van der Waals surface area contributed by atoms with Crippen molar-refractivity contribution in [3.8, 4) is 0 Å². The lowest BCUT2D eigenvalue weighted by Gasteiger charge is -2.17. The quantitative estimate of drug-likeness (QED) is 0.719. The Bertz CT molecular complexity index is 869. The summed E-state index contributed by atoms with van der Waals surface area (Å²) in [4.78, 5) is 20.4. The number of nitrogens with zero attached hydrogens (tertiary/aromatic N) is 3. The van der Waals surface area contributed by atoms with Crippen molar-refractivity contribution in [2.75, 3.05) is 23.1 Å². The van der Waals surface area contributed by atoms with Gasteiger partial charge in [0.1, 0.15) is 0 Å². The molecule has 134 valence electrons. The van der Waals surface area contributed by atoms with Gasteiger partial charge in [0.2, 0.25) is 0 Å². The Morgan fingerprint density at radius 3 is 2.84 bits per heavy atom. The van der Waals surface area contributed by atoms with E-state index in [2.05, 4.69) is 20.0 Å². The van der Waals surface area contributed by atoms with Crippen LogP contribution in [0, 0.1) is 6.92 Å². The van der Waals surface area contributed by atoms with Gasteiger partial charge in [-0.2, -0.15) is 8.42 Å². The molecular weight excluding hydrogens is 366 g/mol. The first-order valence-electron chi connectivity index (χ1n) is 7.48. The van der Waals surface area contributed by atoms with Crippen LogP contribution in [0.2, 0.25) is 0 Å². The molecule has 1 saturated heterocycles. The molecule has 3 N–H and O–H groups in total. The van der Waals surface area contributed by atoms with Gasteiger partial charge in [-0.3, -0.25) is 4.72 Å². The first kappa shape index (κ1) is 17.4. The number of sulfonamides is 1. The molecule has 2 aromatic heterocycles. The zero-order chi connectivity index (χ0) is 18.0. The van der Waals surface area contributed by atoms with Crippen LogP contribution in [0.15, 0.2) is 28.0 Å². The van der Waals surface area contributed by atoms with Crippen molar-refractivity contribution in [3.05, 3.63) is 28.7 Å². The minimum absolute atomic E-state index is 0.0211. The number of rotatable bonds is 5. The lowest BCUT2D eigenvalue weighted by molar-refractivity contribution is 0.155. The molecule has 0 aromatic carbocycles. The summed E-state index contributed by atoms with van der Waals surface area (Å²) in [5, 5.41) is 13.7. The lowest BCUT2D eigenvalue weighted by Crippen LogP contribution is -2.30. The van der Waals surface area contributed by atoms with Crippen LogP contribution in [-0.4, -0.2) is 53.6 Å². The molecule has 0 saturated carbocycles. The van der Waals surface area contributed by atoms with E-state index >= 15 is 0 Å². The number of carbonyl (C=O) groups is 1. The molecule has 9 nitrogen and oxygen atoms in total. The Kier molecular flexibility index (Phi) is 4.77. The molecule has 0 bridgehead atoms. The fourth-order valence-corrected chi connectivity index (χ4v) is 4.12. The van der Waals surface area contributed by atoms with Crippen LogP contribution in [-0.2, 0) is 10.0 Å². The number of anilines is 2. The van der Waals surface area contributed by atoms with Crippen molar-refractivity contribution in [3.63, 3.8) is 0 Å². The Morgan fingerprint density at radius 1 is 1.44 bits per heavy atom. The zero-order valence-electron chi connectivity index (χ0n) is 13.3. The highest BCUT2D eigenvalue weighted by atomic mass is 32.2. The number of thiazole rings is 1. The van der Waals surface area contributed by atoms with Gasteiger partial charge in [0.25, 0.3) is 10.0 Å². The Balaban J connectivity index is 1.72. The average molecular weight is 383 g/mol. The monoisotopic (exact) mass is 383 g/mol. The fraction of sp³-hybridized carbons (Fsp3) is 0.357. The first-order valence-corrected chi connectivity index (χ1v) is 9.91. The summed E-state index contributed by atoms with van der Waals surface area (Å²) < 4.78 is 27.0. The highest BCUT2D eigenvalue weighted by Crippen LogP contribution is 2.21. The predicted octanol–water partition coefficient (Wildman–Crippen LogP) is 1.81. The molecule has 2 aromatic rings. The minimum atomic E-state index is -3.80. The molecule has 1 amide bonds. The van der Waals surface area contributed by atoms with Crippen molar-refractivity contribution in [2.45, 2.75) is 24.4 Å². The van der Waals surface area contributed by atoms with E-state index in [1.54, 1.807) is 18.4 Å². The molecule has 1 fully saturated rings. The van der Waals surface area contributed by atoms with Gasteiger partial charge in [-0.1, -0.05) is 0 Å². The number of carboxylic acid groups (broad SMARTS) is 1. The summed E-state index contributed by atoms with van der Waals surface area (Å²) in [5.41, 5.74) is 2.74. The second-order valence-electron chi connectivity index (χ2n) is 5.62. The standard InChI is InChI=1S/C14H17N5O4S2/c1-9-11(17-10-4-5-19(6-10)14(20)21)2-3-13(16-9)25(22,23)18-12-7-24-8-15-12/h2-3,7-8,10,17-18H,4-6H2,1H3,(H,20,21). The van der Waals surface area contributed by atoms with Crippen LogP contribution in [0.4, 0.5) is 16.3 Å². The largest absolute Gasteiger partial charge is 0.465 e. The van der Waals surface area contributed by atoms with Crippen LogP contribution in [0.25, 0.3) is 0 Å². The number of aryl methyl sites for hydroxylation is 1. The van der Waals surface area contributed by atoms with Crippen molar-refractivity contribution >= 4 is 39.0 Å². The third-order valence-corrected chi connectivity index (χ3v) is 5.67. The molecule has 3 heterocycles. The summed E-state index contributed by atoms with van der Waals surface area (Å²) in [6.07, 6.45) is -0.245. The van der Waals surface area contributed by atoms with Gasteiger partial charge in [-0.15, -0.1) is 11.3 Å². The van der Waals surface area contributed by atoms with Crippen LogP contribution < -0.4 is 10.0 Å². The molecule has 3 rings (SSSR count). The summed E-state index contributed by atoms with van der Waals surface area (Å²) in [6.45, 7) is 2.57. The van der Waals surface area contributed by atoms with Crippen molar-refractivity contribution < 1.29 is 18.3 Å². The number of hydrogen-bond donors (Lipinski definition) is 3. The van der Waals surface area contributed by atoms with E-state index < -0.39 is 16.1 Å². The van der Waals surface area contributed by atoms with Crippen LogP contribution >= 0.6 is 11.3 Å². The molecular formula is C14H17N5O4S2. The number of amides is 1. The highest BCUT2D eigenvalue weighted by molar-refractivity contribution is 7.92. The van der Waals surface area contributed by atoms with Gasteiger partial charge in [0, 0.05) is 24.5 Å². The third kappa shape index (κ3) is 3.99. The average Bonchev–Trinajstić information content (AvgIpc) is 3.20. The Labute approximate surface area is 148 Å². The zero-order valence-corrected chi connectivity index (χ0v) is 15.0. The molecule has 1 aliphatic rings. The molecule has 0 spiro atoms.